The van der Waals surface area contributed by atoms with E-state index in [0.717, 1.165) is 24.8 Å². The van der Waals surface area contributed by atoms with Gasteiger partial charge in [0.05, 0.1) is 6.42 Å². The summed E-state index contributed by atoms with van der Waals surface area (Å²) in [5, 5.41) is 3.30. The van der Waals surface area contributed by atoms with Crippen molar-refractivity contribution in [1.82, 2.24) is 5.32 Å². The van der Waals surface area contributed by atoms with Crippen LogP contribution in [-0.2, 0) is 0 Å². The summed E-state index contributed by atoms with van der Waals surface area (Å²) in [7, 11) is 0. The van der Waals surface area contributed by atoms with E-state index in [-0.39, 0.29) is 6.04 Å². The molecular weight excluding hydrogens is 275 g/mol. The molecule has 118 valence electrons. The second-order valence-electron chi connectivity index (χ2n) is 6.17. The van der Waals surface area contributed by atoms with Crippen molar-refractivity contribution in [2.45, 2.75) is 63.7 Å². The lowest BCUT2D eigenvalue weighted by Gasteiger charge is -2.30. The van der Waals surface area contributed by atoms with Gasteiger partial charge in [-0.3, -0.25) is 0 Å². The Morgan fingerprint density at radius 2 is 1.76 bits per heavy atom. The molecule has 3 unspecified atom stereocenters. The quantitative estimate of drug-likeness (QED) is 0.750. The van der Waals surface area contributed by atoms with Crippen LogP contribution in [0.5, 0.6) is 0 Å². The number of halogens is 3. The van der Waals surface area contributed by atoms with E-state index in [1.54, 1.807) is 24.3 Å². The average Bonchev–Trinajstić information content (AvgIpc) is 2.63. The highest BCUT2D eigenvalue weighted by Gasteiger charge is 2.34. The third-order valence-electron chi connectivity index (χ3n) is 4.41. The maximum Gasteiger partial charge on any atom is 0.390 e. The molecule has 0 saturated heterocycles. The SMILES string of the molecule is CC1CCCCCC1NC(CC(F)(F)F)c1ccccc1. The minimum absolute atomic E-state index is 0.181. The summed E-state index contributed by atoms with van der Waals surface area (Å²) in [4.78, 5) is 0. The van der Waals surface area contributed by atoms with Crippen LogP contribution in [0.15, 0.2) is 30.3 Å². The zero-order valence-corrected chi connectivity index (χ0v) is 12.5. The minimum atomic E-state index is -4.15. The third-order valence-corrected chi connectivity index (χ3v) is 4.41. The molecule has 3 atom stereocenters. The molecule has 0 bridgehead atoms. The molecule has 0 aliphatic heterocycles. The van der Waals surface area contributed by atoms with Gasteiger partial charge in [-0.15, -0.1) is 0 Å². The second-order valence-corrected chi connectivity index (χ2v) is 6.17. The molecule has 1 aliphatic carbocycles. The highest BCUT2D eigenvalue weighted by molar-refractivity contribution is 5.19. The van der Waals surface area contributed by atoms with E-state index in [2.05, 4.69) is 12.2 Å². The van der Waals surface area contributed by atoms with Crippen molar-refractivity contribution in [3.8, 4) is 0 Å². The van der Waals surface area contributed by atoms with E-state index in [1.165, 1.54) is 12.8 Å². The molecule has 21 heavy (non-hydrogen) atoms. The van der Waals surface area contributed by atoms with Crippen LogP contribution in [0.25, 0.3) is 0 Å². The van der Waals surface area contributed by atoms with E-state index in [1.807, 2.05) is 6.07 Å². The van der Waals surface area contributed by atoms with Crippen molar-refractivity contribution >= 4 is 0 Å². The summed E-state index contributed by atoms with van der Waals surface area (Å²) < 4.78 is 38.6. The molecule has 0 aromatic heterocycles. The van der Waals surface area contributed by atoms with Gasteiger partial charge in [0.15, 0.2) is 0 Å². The Bertz CT molecular complexity index is 416. The van der Waals surface area contributed by atoms with Crippen LogP contribution in [0, 0.1) is 5.92 Å². The van der Waals surface area contributed by atoms with Gasteiger partial charge >= 0.3 is 6.18 Å². The lowest BCUT2D eigenvalue weighted by molar-refractivity contribution is -0.141. The predicted molar refractivity (Wildman–Crippen MR) is 79.0 cm³/mol. The van der Waals surface area contributed by atoms with E-state index in [4.69, 9.17) is 0 Å². The van der Waals surface area contributed by atoms with E-state index in [0.29, 0.717) is 5.92 Å². The first-order valence-electron chi connectivity index (χ1n) is 7.83. The highest BCUT2D eigenvalue weighted by atomic mass is 19.4. The molecule has 0 amide bonds. The Balaban J connectivity index is 2.11. The Hall–Kier alpha value is -1.03. The van der Waals surface area contributed by atoms with Crippen molar-refractivity contribution in [3.63, 3.8) is 0 Å². The number of alkyl halides is 3. The van der Waals surface area contributed by atoms with Gasteiger partial charge in [0.25, 0.3) is 0 Å². The van der Waals surface area contributed by atoms with Gasteiger partial charge in [0, 0.05) is 12.1 Å². The van der Waals surface area contributed by atoms with Crippen LogP contribution in [0.4, 0.5) is 13.2 Å². The van der Waals surface area contributed by atoms with Crippen molar-refractivity contribution in [3.05, 3.63) is 35.9 Å². The Labute approximate surface area is 124 Å². The lowest BCUT2D eigenvalue weighted by Crippen LogP contribution is -2.39. The molecule has 1 nitrogen and oxygen atoms in total. The summed E-state index contributed by atoms with van der Waals surface area (Å²) in [5.41, 5.74) is 0.728. The molecule has 1 saturated carbocycles. The molecule has 2 rings (SSSR count). The normalized spacial score (nSPS) is 25.3. The van der Waals surface area contributed by atoms with Gasteiger partial charge in [-0.2, -0.15) is 13.2 Å². The van der Waals surface area contributed by atoms with Crippen molar-refractivity contribution in [1.29, 1.82) is 0 Å². The highest BCUT2D eigenvalue weighted by Crippen LogP contribution is 2.32. The van der Waals surface area contributed by atoms with E-state index in [9.17, 15) is 13.2 Å². The molecule has 1 aromatic rings. The molecule has 1 aliphatic rings. The molecule has 1 N–H and O–H groups in total. The Morgan fingerprint density at radius 3 is 2.43 bits per heavy atom. The fourth-order valence-electron chi connectivity index (χ4n) is 3.19. The Morgan fingerprint density at radius 1 is 1.10 bits per heavy atom. The van der Waals surface area contributed by atoms with Crippen LogP contribution in [-0.4, -0.2) is 12.2 Å². The average molecular weight is 299 g/mol. The van der Waals surface area contributed by atoms with E-state index < -0.39 is 18.6 Å². The summed E-state index contributed by atoms with van der Waals surface area (Å²) in [6, 6.07) is 8.54. The smallest absolute Gasteiger partial charge is 0.307 e. The fraction of sp³-hybridized carbons (Fsp3) is 0.647. The number of benzene rings is 1. The summed E-state index contributed by atoms with van der Waals surface area (Å²) >= 11 is 0. The van der Waals surface area contributed by atoms with Crippen LogP contribution >= 0.6 is 0 Å². The molecule has 4 heteroatoms. The molecule has 0 radical (unpaired) electrons. The van der Waals surface area contributed by atoms with Gasteiger partial charge in [-0.05, 0) is 24.3 Å². The van der Waals surface area contributed by atoms with Crippen LogP contribution < -0.4 is 5.32 Å². The van der Waals surface area contributed by atoms with Gasteiger partial charge in [-0.1, -0.05) is 56.5 Å². The van der Waals surface area contributed by atoms with Crippen molar-refractivity contribution in [2.75, 3.05) is 0 Å². The summed E-state index contributed by atoms with van der Waals surface area (Å²) in [6.07, 6.45) is 0.608. The van der Waals surface area contributed by atoms with Gasteiger partial charge in [0.1, 0.15) is 0 Å². The minimum Gasteiger partial charge on any atom is -0.307 e. The summed E-state index contributed by atoms with van der Waals surface area (Å²) in [6.45, 7) is 2.15. The molecule has 1 aromatic carbocycles. The maximum atomic E-state index is 12.9. The van der Waals surface area contributed by atoms with Crippen LogP contribution in [0.2, 0.25) is 0 Å². The van der Waals surface area contributed by atoms with Gasteiger partial charge < -0.3 is 5.32 Å². The van der Waals surface area contributed by atoms with Crippen molar-refractivity contribution in [2.24, 2.45) is 5.92 Å². The second kappa shape index (κ2) is 7.30. The number of hydrogen-bond donors (Lipinski definition) is 1. The first kappa shape index (κ1) is 16.3. The first-order valence-corrected chi connectivity index (χ1v) is 7.83. The van der Waals surface area contributed by atoms with Crippen LogP contribution in [0.3, 0.4) is 0 Å². The zero-order valence-electron chi connectivity index (χ0n) is 12.5. The maximum absolute atomic E-state index is 12.9. The van der Waals surface area contributed by atoms with Gasteiger partial charge in [0.2, 0.25) is 0 Å². The number of hydrogen-bond acceptors (Lipinski definition) is 1. The monoisotopic (exact) mass is 299 g/mol. The molecule has 0 spiro atoms. The largest absolute Gasteiger partial charge is 0.390 e. The van der Waals surface area contributed by atoms with Crippen LogP contribution in [0.1, 0.15) is 57.1 Å². The van der Waals surface area contributed by atoms with E-state index >= 15 is 0 Å². The third kappa shape index (κ3) is 5.34. The predicted octanol–water partition coefficient (Wildman–Crippen LogP) is 5.24. The van der Waals surface area contributed by atoms with Gasteiger partial charge in [-0.25, -0.2) is 0 Å². The Kier molecular flexibility index (Phi) is 5.68. The fourth-order valence-corrected chi connectivity index (χ4v) is 3.19. The first-order chi connectivity index (χ1) is 9.96. The molecule has 0 heterocycles. The van der Waals surface area contributed by atoms with Crippen molar-refractivity contribution < 1.29 is 13.2 Å². The number of nitrogens with one attached hydrogen (secondary N) is 1. The topological polar surface area (TPSA) is 12.0 Å². The summed E-state index contributed by atoms with van der Waals surface area (Å²) in [5.74, 6) is 0.437. The number of rotatable bonds is 4. The molecule has 1 fully saturated rings. The lowest BCUT2D eigenvalue weighted by atomic mass is 9.94. The zero-order chi connectivity index (χ0) is 15.3. The standard InChI is InChI=1S/C17H24F3N/c1-13-8-4-2-7-11-15(13)21-16(12-17(18,19)20)14-9-5-3-6-10-14/h3,5-6,9-10,13,15-16,21H,2,4,7-8,11-12H2,1H3. The molecular formula is C17H24F3N.